The van der Waals surface area contributed by atoms with E-state index in [2.05, 4.69) is 13.5 Å². The molecule has 0 aliphatic heterocycles. The van der Waals surface area contributed by atoms with Crippen LogP contribution in [0.3, 0.4) is 0 Å². The first-order chi connectivity index (χ1) is 10.2. The predicted octanol–water partition coefficient (Wildman–Crippen LogP) is 4.37. The fraction of sp³-hybridized carbons (Fsp3) is 0.500. The lowest BCUT2D eigenvalue weighted by atomic mass is 9.81. The van der Waals surface area contributed by atoms with E-state index < -0.39 is 0 Å². The van der Waals surface area contributed by atoms with Gasteiger partial charge in [0.05, 0.1) is 5.92 Å². The first-order valence-electron chi connectivity index (χ1n) is 7.78. The molecule has 0 N–H and O–H groups in total. The minimum absolute atomic E-state index is 0.0597. The Morgan fingerprint density at radius 1 is 1.19 bits per heavy atom. The van der Waals surface area contributed by atoms with E-state index in [-0.39, 0.29) is 11.9 Å². The molecule has 1 aliphatic carbocycles. The zero-order valence-electron chi connectivity index (χ0n) is 12.7. The summed E-state index contributed by atoms with van der Waals surface area (Å²) in [7, 11) is 0. The van der Waals surface area contributed by atoms with Crippen LogP contribution < -0.4 is 9.47 Å². The van der Waals surface area contributed by atoms with Crippen molar-refractivity contribution in [3.63, 3.8) is 0 Å². The van der Waals surface area contributed by atoms with Crippen molar-refractivity contribution in [1.29, 1.82) is 0 Å². The van der Waals surface area contributed by atoms with Crippen LogP contribution in [0.5, 0.6) is 11.5 Å². The number of hydrogen-bond acceptors (Lipinski definition) is 3. The molecule has 0 heterocycles. The van der Waals surface area contributed by atoms with Gasteiger partial charge >= 0.3 is 5.97 Å². The van der Waals surface area contributed by atoms with E-state index in [1.165, 1.54) is 6.42 Å². The van der Waals surface area contributed by atoms with Crippen LogP contribution in [0.4, 0.5) is 0 Å². The SMILES string of the molecule is C=CCOc1ccc(OC(=O)[C@H]2CC[C@H](CC)CC2)cc1. The molecule has 3 heteroatoms. The van der Waals surface area contributed by atoms with E-state index >= 15 is 0 Å². The molecule has 1 fully saturated rings. The maximum atomic E-state index is 12.2. The summed E-state index contributed by atoms with van der Waals surface area (Å²) in [6.45, 7) is 6.30. The maximum absolute atomic E-state index is 12.2. The van der Waals surface area contributed by atoms with Crippen molar-refractivity contribution in [3.8, 4) is 11.5 Å². The molecule has 0 radical (unpaired) electrons. The average molecular weight is 288 g/mol. The van der Waals surface area contributed by atoms with E-state index in [1.807, 2.05) is 0 Å². The van der Waals surface area contributed by atoms with Gasteiger partial charge in [0.1, 0.15) is 18.1 Å². The lowest BCUT2D eigenvalue weighted by Gasteiger charge is -2.26. The van der Waals surface area contributed by atoms with E-state index in [0.717, 1.165) is 37.4 Å². The third-order valence-corrected chi connectivity index (χ3v) is 4.17. The number of hydrogen-bond donors (Lipinski definition) is 0. The fourth-order valence-electron chi connectivity index (χ4n) is 2.76. The topological polar surface area (TPSA) is 35.5 Å². The van der Waals surface area contributed by atoms with Crippen LogP contribution in [0.2, 0.25) is 0 Å². The van der Waals surface area contributed by atoms with E-state index in [0.29, 0.717) is 12.4 Å². The van der Waals surface area contributed by atoms with Gasteiger partial charge in [0.25, 0.3) is 0 Å². The Balaban J connectivity index is 1.83. The van der Waals surface area contributed by atoms with Crippen molar-refractivity contribution in [3.05, 3.63) is 36.9 Å². The van der Waals surface area contributed by atoms with Crippen LogP contribution in [0.1, 0.15) is 39.0 Å². The average Bonchev–Trinajstić information content (AvgIpc) is 2.54. The number of rotatable bonds is 6. The van der Waals surface area contributed by atoms with Gasteiger partial charge in [-0.05, 0) is 55.9 Å². The van der Waals surface area contributed by atoms with Crippen molar-refractivity contribution in [2.45, 2.75) is 39.0 Å². The Labute approximate surface area is 127 Å². The van der Waals surface area contributed by atoms with Gasteiger partial charge in [-0.25, -0.2) is 0 Å². The summed E-state index contributed by atoms with van der Waals surface area (Å²) < 4.78 is 10.9. The van der Waals surface area contributed by atoms with Crippen molar-refractivity contribution in [1.82, 2.24) is 0 Å². The highest BCUT2D eigenvalue weighted by molar-refractivity contribution is 5.75. The molecule has 1 aliphatic rings. The lowest BCUT2D eigenvalue weighted by Crippen LogP contribution is -2.25. The minimum atomic E-state index is -0.0932. The molecule has 114 valence electrons. The second-order valence-electron chi connectivity index (χ2n) is 5.62. The first kappa shape index (κ1) is 15.6. The van der Waals surface area contributed by atoms with Gasteiger partial charge < -0.3 is 9.47 Å². The van der Waals surface area contributed by atoms with Gasteiger partial charge in [0.2, 0.25) is 0 Å². The summed E-state index contributed by atoms with van der Waals surface area (Å²) in [4.78, 5) is 12.2. The number of carbonyl (C=O) groups excluding carboxylic acids is 1. The Kier molecular flexibility index (Phi) is 5.85. The van der Waals surface area contributed by atoms with Gasteiger partial charge in [-0.15, -0.1) is 0 Å². The van der Waals surface area contributed by atoms with Crippen LogP contribution >= 0.6 is 0 Å². The Bertz CT molecular complexity index is 456. The van der Waals surface area contributed by atoms with Crippen LogP contribution in [-0.4, -0.2) is 12.6 Å². The number of carbonyl (C=O) groups is 1. The summed E-state index contributed by atoms with van der Waals surface area (Å²) in [5, 5.41) is 0. The van der Waals surface area contributed by atoms with Crippen molar-refractivity contribution in [2.24, 2.45) is 11.8 Å². The summed E-state index contributed by atoms with van der Waals surface area (Å²) in [6, 6.07) is 7.15. The van der Waals surface area contributed by atoms with Crippen molar-refractivity contribution < 1.29 is 14.3 Å². The molecule has 0 saturated heterocycles. The van der Waals surface area contributed by atoms with Crippen LogP contribution in [0.25, 0.3) is 0 Å². The fourth-order valence-corrected chi connectivity index (χ4v) is 2.76. The summed E-state index contributed by atoms with van der Waals surface area (Å²) >= 11 is 0. The van der Waals surface area contributed by atoms with E-state index in [4.69, 9.17) is 9.47 Å². The Morgan fingerprint density at radius 2 is 1.81 bits per heavy atom. The first-order valence-corrected chi connectivity index (χ1v) is 7.78. The zero-order chi connectivity index (χ0) is 15.1. The molecule has 21 heavy (non-hydrogen) atoms. The van der Waals surface area contributed by atoms with Gasteiger partial charge in [-0.1, -0.05) is 26.0 Å². The highest BCUT2D eigenvalue weighted by atomic mass is 16.5. The maximum Gasteiger partial charge on any atom is 0.314 e. The number of ether oxygens (including phenoxy) is 2. The number of benzene rings is 1. The van der Waals surface area contributed by atoms with Crippen molar-refractivity contribution in [2.75, 3.05) is 6.61 Å². The Hall–Kier alpha value is -1.77. The van der Waals surface area contributed by atoms with Gasteiger partial charge in [0.15, 0.2) is 0 Å². The molecular weight excluding hydrogens is 264 g/mol. The monoisotopic (exact) mass is 288 g/mol. The van der Waals surface area contributed by atoms with Gasteiger partial charge in [-0.3, -0.25) is 4.79 Å². The second-order valence-corrected chi connectivity index (χ2v) is 5.62. The lowest BCUT2D eigenvalue weighted by molar-refractivity contribution is -0.140. The molecule has 1 saturated carbocycles. The molecule has 0 unspecified atom stereocenters. The van der Waals surface area contributed by atoms with Crippen LogP contribution in [0, 0.1) is 11.8 Å². The smallest absolute Gasteiger partial charge is 0.314 e. The molecule has 1 aromatic carbocycles. The van der Waals surface area contributed by atoms with E-state index in [1.54, 1.807) is 30.3 Å². The third-order valence-electron chi connectivity index (χ3n) is 4.17. The molecule has 2 rings (SSSR count). The Morgan fingerprint density at radius 3 is 2.38 bits per heavy atom. The second kappa shape index (κ2) is 7.87. The molecule has 1 aromatic rings. The highest BCUT2D eigenvalue weighted by Gasteiger charge is 2.26. The largest absolute Gasteiger partial charge is 0.490 e. The molecule has 0 amide bonds. The zero-order valence-corrected chi connectivity index (χ0v) is 12.7. The molecular formula is C18H24O3. The summed E-state index contributed by atoms with van der Waals surface area (Å²) in [6.07, 6.45) is 7.11. The normalized spacial score (nSPS) is 21.6. The molecule has 0 atom stereocenters. The van der Waals surface area contributed by atoms with Crippen LogP contribution in [0.15, 0.2) is 36.9 Å². The minimum Gasteiger partial charge on any atom is -0.490 e. The van der Waals surface area contributed by atoms with Gasteiger partial charge in [0, 0.05) is 0 Å². The van der Waals surface area contributed by atoms with Crippen molar-refractivity contribution >= 4 is 5.97 Å². The highest BCUT2D eigenvalue weighted by Crippen LogP contribution is 2.31. The molecule has 0 bridgehead atoms. The standard InChI is InChI=1S/C18H24O3/c1-3-13-20-16-9-11-17(12-10-16)21-18(19)15-7-5-14(4-2)6-8-15/h3,9-12,14-15H,1,4-8,13H2,2H3/t14-,15-. The third kappa shape index (κ3) is 4.62. The van der Waals surface area contributed by atoms with E-state index in [9.17, 15) is 4.79 Å². The van der Waals surface area contributed by atoms with Crippen LogP contribution in [-0.2, 0) is 4.79 Å². The number of esters is 1. The molecule has 0 spiro atoms. The molecule has 3 nitrogen and oxygen atoms in total. The van der Waals surface area contributed by atoms with Gasteiger partial charge in [-0.2, -0.15) is 0 Å². The molecule has 0 aromatic heterocycles. The summed E-state index contributed by atoms with van der Waals surface area (Å²) in [5.41, 5.74) is 0. The predicted molar refractivity (Wildman–Crippen MR) is 83.5 cm³/mol. The quantitative estimate of drug-likeness (QED) is 0.443. The summed E-state index contributed by atoms with van der Waals surface area (Å²) in [5.74, 6) is 2.09.